The van der Waals surface area contributed by atoms with Crippen molar-refractivity contribution >= 4 is 17.9 Å². The van der Waals surface area contributed by atoms with Crippen molar-refractivity contribution in [3.63, 3.8) is 0 Å². The SMILES string of the molecule is CN(C)C(=O)c1cc(C=NC2=C3COC=C3C=CC2=O)ccc1F. The van der Waals surface area contributed by atoms with E-state index in [0.717, 1.165) is 11.1 Å². The highest BCUT2D eigenvalue weighted by molar-refractivity contribution is 6.08. The van der Waals surface area contributed by atoms with Crippen molar-refractivity contribution < 1.29 is 18.7 Å². The number of carbonyl (C=O) groups is 2. The fourth-order valence-electron chi connectivity index (χ4n) is 2.42. The summed E-state index contributed by atoms with van der Waals surface area (Å²) in [6.45, 7) is 0.297. The van der Waals surface area contributed by atoms with E-state index < -0.39 is 11.7 Å². The van der Waals surface area contributed by atoms with Gasteiger partial charge < -0.3 is 9.64 Å². The highest BCUT2D eigenvalue weighted by Gasteiger charge is 2.23. The molecule has 1 aliphatic heterocycles. The zero-order valence-electron chi connectivity index (χ0n) is 13.2. The van der Waals surface area contributed by atoms with Crippen LogP contribution in [0.1, 0.15) is 15.9 Å². The number of hydrogen-bond acceptors (Lipinski definition) is 4. The molecule has 1 aromatic rings. The van der Waals surface area contributed by atoms with Gasteiger partial charge in [0.25, 0.3) is 5.91 Å². The summed E-state index contributed by atoms with van der Waals surface area (Å²) in [4.78, 5) is 29.5. The lowest BCUT2D eigenvalue weighted by molar-refractivity contribution is -0.111. The average molecular weight is 326 g/mol. The molecule has 0 atom stereocenters. The fraction of sp³-hybridized carbons (Fsp3) is 0.167. The van der Waals surface area contributed by atoms with E-state index in [9.17, 15) is 14.0 Å². The summed E-state index contributed by atoms with van der Waals surface area (Å²) in [6, 6.07) is 4.13. The highest BCUT2D eigenvalue weighted by atomic mass is 19.1. The Balaban J connectivity index is 1.93. The molecular weight excluding hydrogens is 311 g/mol. The molecule has 2 aliphatic rings. The van der Waals surface area contributed by atoms with Gasteiger partial charge in [-0.1, -0.05) is 6.07 Å². The van der Waals surface area contributed by atoms with Crippen LogP contribution in [0.15, 0.2) is 58.4 Å². The first-order valence-corrected chi connectivity index (χ1v) is 7.30. The molecule has 1 heterocycles. The van der Waals surface area contributed by atoms with Gasteiger partial charge in [0.1, 0.15) is 18.1 Å². The lowest BCUT2D eigenvalue weighted by atomic mass is 9.99. The molecule has 6 heteroatoms. The predicted molar refractivity (Wildman–Crippen MR) is 87.2 cm³/mol. The maximum Gasteiger partial charge on any atom is 0.256 e. The van der Waals surface area contributed by atoms with Crippen molar-refractivity contribution in [2.24, 2.45) is 4.99 Å². The molecule has 3 rings (SSSR count). The number of allylic oxidation sites excluding steroid dienone is 2. The summed E-state index contributed by atoms with van der Waals surface area (Å²) >= 11 is 0. The molecule has 1 amide bonds. The molecule has 0 saturated carbocycles. The van der Waals surface area contributed by atoms with Gasteiger partial charge in [-0.3, -0.25) is 14.6 Å². The van der Waals surface area contributed by atoms with E-state index in [4.69, 9.17) is 4.74 Å². The molecule has 0 spiro atoms. The maximum atomic E-state index is 13.8. The molecule has 1 aromatic carbocycles. The summed E-state index contributed by atoms with van der Waals surface area (Å²) in [6.07, 6.45) is 6.15. The lowest BCUT2D eigenvalue weighted by Gasteiger charge is -2.11. The van der Waals surface area contributed by atoms with E-state index in [1.54, 1.807) is 26.4 Å². The van der Waals surface area contributed by atoms with Crippen LogP contribution in [0.3, 0.4) is 0 Å². The number of aliphatic imine (C=N–C) groups is 1. The number of ketones is 1. The van der Waals surface area contributed by atoms with Gasteiger partial charge in [-0.05, 0) is 29.8 Å². The third-order valence-corrected chi connectivity index (χ3v) is 3.69. The first-order chi connectivity index (χ1) is 11.5. The minimum Gasteiger partial charge on any atom is -0.496 e. The van der Waals surface area contributed by atoms with E-state index in [0.29, 0.717) is 17.9 Å². The van der Waals surface area contributed by atoms with Crippen LogP contribution >= 0.6 is 0 Å². The van der Waals surface area contributed by atoms with Crippen molar-refractivity contribution in [1.82, 2.24) is 4.90 Å². The molecule has 0 bridgehead atoms. The minimum absolute atomic E-state index is 0.0405. The van der Waals surface area contributed by atoms with E-state index in [1.807, 2.05) is 0 Å². The van der Waals surface area contributed by atoms with Gasteiger partial charge in [-0.2, -0.15) is 0 Å². The molecule has 5 nitrogen and oxygen atoms in total. The number of carbonyl (C=O) groups excluding carboxylic acids is 2. The molecule has 122 valence electrons. The average Bonchev–Trinajstić information content (AvgIpc) is 3.03. The second-order valence-electron chi connectivity index (χ2n) is 5.61. The van der Waals surface area contributed by atoms with Crippen LogP contribution in [0.4, 0.5) is 4.39 Å². The van der Waals surface area contributed by atoms with E-state index >= 15 is 0 Å². The summed E-state index contributed by atoms with van der Waals surface area (Å²) in [5.41, 5.74) is 2.34. The van der Waals surface area contributed by atoms with Crippen molar-refractivity contribution in [2.75, 3.05) is 20.7 Å². The first kappa shape index (κ1) is 15.9. The van der Waals surface area contributed by atoms with Gasteiger partial charge in [0.05, 0.1) is 11.8 Å². The molecule has 0 N–H and O–H groups in total. The van der Waals surface area contributed by atoms with Gasteiger partial charge in [0.2, 0.25) is 5.78 Å². The zero-order chi connectivity index (χ0) is 17.3. The van der Waals surface area contributed by atoms with Crippen molar-refractivity contribution in [3.8, 4) is 0 Å². The van der Waals surface area contributed by atoms with Crippen LogP contribution in [0.2, 0.25) is 0 Å². The number of hydrogen-bond donors (Lipinski definition) is 0. The van der Waals surface area contributed by atoms with Crippen LogP contribution in [-0.4, -0.2) is 43.5 Å². The Bertz CT molecular complexity index is 848. The quantitative estimate of drug-likeness (QED) is 0.801. The third-order valence-electron chi connectivity index (χ3n) is 3.69. The molecule has 1 aliphatic carbocycles. The Morgan fingerprint density at radius 1 is 1.33 bits per heavy atom. The summed E-state index contributed by atoms with van der Waals surface area (Å²) in [5.74, 6) is -1.24. The van der Waals surface area contributed by atoms with E-state index in [1.165, 1.54) is 35.4 Å². The molecule has 0 saturated heterocycles. The molecule has 0 aromatic heterocycles. The minimum atomic E-state index is -0.598. The lowest BCUT2D eigenvalue weighted by Crippen LogP contribution is -2.23. The highest BCUT2D eigenvalue weighted by Crippen LogP contribution is 2.28. The second kappa shape index (κ2) is 6.23. The van der Waals surface area contributed by atoms with Crippen LogP contribution in [0.25, 0.3) is 0 Å². The van der Waals surface area contributed by atoms with Crippen molar-refractivity contribution in [1.29, 1.82) is 0 Å². The molecular formula is C18H15FN2O3. The smallest absolute Gasteiger partial charge is 0.256 e. The molecule has 0 radical (unpaired) electrons. The molecule has 0 fully saturated rings. The van der Waals surface area contributed by atoms with Gasteiger partial charge in [0, 0.05) is 31.5 Å². The molecule has 0 unspecified atom stereocenters. The Kier molecular flexibility index (Phi) is 4.12. The van der Waals surface area contributed by atoms with Gasteiger partial charge in [0.15, 0.2) is 0 Å². The number of fused-ring (bicyclic) bond motifs is 1. The Hall–Kier alpha value is -3.02. The van der Waals surface area contributed by atoms with E-state index in [-0.39, 0.29) is 11.3 Å². The summed E-state index contributed by atoms with van der Waals surface area (Å²) in [7, 11) is 3.10. The third kappa shape index (κ3) is 2.90. The maximum absolute atomic E-state index is 13.8. The van der Waals surface area contributed by atoms with Crippen LogP contribution in [-0.2, 0) is 9.53 Å². The van der Waals surface area contributed by atoms with Crippen LogP contribution in [0, 0.1) is 5.82 Å². The van der Waals surface area contributed by atoms with Crippen molar-refractivity contribution in [3.05, 3.63) is 70.4 Å². The number of benzene rings is 1. The Morgan fingerprint density at radius 3 is 2.88 bits per heavy atom. The standard InChI is InChI=1S/C18H15FN2O3/c1-21(2)18(23)13-7-11(3-5-15(13)19)8-20-17-14-10-24-9-12(14)4-6-16(17)22/h3-9H,10H2,1-2H3. The first-order valence-electron chi connectivity index (χ1n) is 7.30. The normalized spacial score (nSPS) is 16.3. The summed E-state index contributed by atoms with van der Waals surface area (Å²) < 4.78 is 19.0. The topological polar surface area (TPSA) is 59.0 Å². The zero-order valence-corrected chi connectivity index (χ0v) is 13.2. The van der Waals surface area contributed by atoms with Gasteiger partial charge in [-0.25, -0.2) is 4.39 Å². The number of ether oxygens (including phenoxy) is 1. The molecule has 24 heavy (non-hydrogen) atoms. The van der Waals surface area contributed by atoms with Crippen LogP contribution in [0.5, 0.6) is 0 Å². The van der Waals surface area contributed by atoms with E-state index in [2.05, 4.69) is 4.99 Å². The van der Waals surface area contributed by atoms with Crippen molar-refractivity contribution in [2.45, 2.75) is 0 Å². The monoisotopic (exact) mass is 326 g/mol. The largest absolute Gasteiger partial charge is 0.496 e. The predicted octanol–water partition coefficient (Wildman–Crippen LogP) is 2.25. The number of halogens is 1. The van der Waals surface area contributed by atoms with Crippen LogP contribution < -0.4 is 0 Å². The fourth-order valence-corrected chi connectivity index (χ4v) is 2.42. The Labute approximate surface area is 138 Å². The van der Waals surface area contributed by atoms with Gasteiger partial charge >= 0.3 is 0 Å². The second-order valence-corrected chi connectivity index (χ2v) is 5.61. The summed E-state index contributed by atoms with van der Waals surface area (Å²) in [5, 5.41) is 0. The Morgan fingerprint density at radius 2 is 2.12 bits per heavy atom. The number of amides is 1. The van der Waals surface area contributed by atoms with Gasteiger partial charge in [-0.15, -0.1) is 0 Å². The number of nitrogens with zero attached hydrogens (tertiary/aromatic N) is 2. The number of rotatable bonds is 3.